The van der Waals surface area contributed by atoms with Crippen molar-refractivity contribution in [3.63, 3.8) is 0 Å². The number of piperidine rings is 1. The van der Waals surface area contributed by atoms with Crippen LogP contribution in [0.2, 0.25) is 0 Å². The Morgan fingerprint density at radius 3 is 2.56 bits per heavy atom. The van der Waals surface area contributed by atoms with Crippen LogP contribution in [0, 0.1) is 5.92 Å². The molecule has 3 aliphatic heterocycles. The van der Waals surface area contributed by atoms with Crippen LogP contribution in [0.1, 0.15) is 39.5 Å². The van der Waals surface area contributed by atoms with E-state index in [-0.39, 0.29) is 12.2 Å². The maximum atomic E-state index is 5.96. The Bertz CT molecular complexity index is 431. The largest absolute Gasteiger partial charge is 0.375 e. The molecule has 0 aromatic carbocycles. The van der Waals surface area contributed by atoms with E-state index in [9.17, 15) is 0 Å². The summed E-state index contributed by atoms with van der Waals surface area (Å²) in [6.07, 6.45) is 5.36. The molecule has 144 valence electrons. The first kappa shape index (κ1) is 18.9. The Balaban J connectivity index is 1.46. The molecule has 0 aromatic rings. The molecule has 0 saturated carbocycles. The molecule has 1 N–H and O–H groups in total. The highest BCUT2D eigenvalue weighted by Gasteiger charge is 2.32. The third-order valence-corrected chi connectivity index (χ3v) is 5.98. The van der Waals surface area contributed by atoms with E-state index in [4.69, 9.17) is 9.47 Å². The average molecular weight is 353 g/mol. The van der Waals surface area contributed by atoms with E-state index in [0.29, 0.717) is 6.04 Å². The van der Waals surface area contributed by atoms with Gasteiger partial charge in [0.1, 0.15) is 6.10 Å². The molecule has 0 aromatic heterocycles. The van der Waals surface area contributed by atoms with E-state index in [1.54, 1.807) is 0 Å². The molecule has 3 atom stereocenters. The van der Waals surface area contributed by atoms with Gasteiger partial charge in [-0.3, -0.25) is 9.89 Å². The highest BCUT2D eigenvalue weighted by atomic mass is 16.5. The Hall–Kier alpha value is -0.850. The summed E-state index contributed by atoms with van der Waals surface area (Å²) in [6, 6.07) is 0.541. The third-order valence-electron chi connectivity index (χ3n) is 5.98. The molecule has 3 rings (SSSR count). The molecule has 0 radical (unpaired) electrons. The smallest absolute Gasteiger partial charge is 0.193 e. The van der Waals surface area contributed by atoms with Crippen LogP contribution >= 0.6 is 0 Å². The van der Waals surface area contributed by atoms with Gasteiger partial charge >= 0.3 is 0 Å². The molecular formula is C19H36N4O2. The van der Waals surface area contributed by atoms with Gasteiger partial charge in [0.25, 0.3) is 0 Å². The van der Waals surface area contributed by atoms with Gasteiger partial charge in [-0.2, -0.15) is 0 Å². The number of morpholine rings is 1. The number of likely N-dealkylation sites (tertiary alicyclic amines) is 1. The number of rotatable bonds is 4. The van der Waals surface area contributed by atoms with Crippen molar-refractivity contribution in [1.82, 2.24) is 15.1 Å². The van der Waals surface area contributed by atoms with Crippen LogP contribution in [0.15, 0.2) is 4.99 Å². The molecular weight excluding hydrogens is 316 g/mol. The fraction of sp³-hybridized carbons (Fsp3) is 0.947. The highest BCUT2D eigenvalue weighted by molar-refractivity contribution is 5.80. The third kappa shape index (κ3) is 5.08. The van der Waals surface area contributed by atoms with Crippen molar-refractivity contribution in [3.05, 3.63) is 0 Å². The fourth-order valence-corrected chi connectivity index (χ4v) is 4.16. The average Bonchev–Trinajstić information content (AvgIpc) is 3.18. The van der Waals surface area contributed by atoms with Crippen LogP contribution in [0.4, 0.5) is 0 Å². The maximum Gasteiger partial charge on any atom is 0.193 e. The fourth-order valence-electron chi connectivity index (χ4n) is 4.16. The van der Waals surface area contributed by atoms with E-state index >= 15 is 0 Å². The Labute approximate surface area is 152 Å². The van der Waals surface area contributed by atoms with Gasteiger partial charge in [-0.05, 0) is 51.6 Å². The molecule has 3 saturated heterocycles. The second-order valence-electron chi connectivity index (χ2n) is 7.90. The highest BCUT2D eigenvalue weighted by Crippen LogP contribution is 2.21. The lowest BCUT2D eigenvalue weighted by Gasteiger charge is -2.38. The van der Waals surface area contributed by atoms with Gasteiger partial charge in [-0.25, -0.2) is 0 Å². The minimum atomic E-state index is 0.177. The van der Waals surface area contributed by atoms with Crippen LogP contribution < -0.4 is 5.32 Å². The topological polar surface area (TPSA) is 49.3 Å². The molecule has 6 heteroatoms. The zero-order chi connectivity index (χ0) is 17.6. The number of nitrogens with zero attached hydrogens (tertiary/aromatic N) is 3. The van der Waals surface area contributed by atoms with Crippen molar-refractivity contribution in [1.29, 1.82) is 0 Å². The van der Waals surface area contributed by atoms with E-state index in [0.717, 1.165) is 57.6 Å². The van der Waals surface area contributed by atoms with Crippen LogP contribution in [0.25, 0.3) is 0 Å². The van der Waals surface area contributed by atoms with E-state index < -0.39 is 0 Å². The zero-order valence-electron chi connectivity index (χ0n) is 16.2. The Morgan fingerprint density at radius 2 is 1.88 bits per heavy atom. The van der Waals surface area contributed by atoms with E-state index in [1.807, 2.05) is 7.05 Å². The standard InChI is InChI=1S/C19H36N4O2/c1-15-6-8-22(9-7-15)16(2)13-21-19(20-3)23-10-12-25-18(14-23)17-5-4-11-24-17/h15-18H,4-14H2,1-3H3,(H,20,21). The first-order chi connectivity index (χ1) is 12.2. The minimum absolute atomic E-state index is 0.177. The summed E-state index contributed by atoms with van der Waals surface area (Å²) in [6.45, 7) is 11.5. The van der Waals surface area contributed by atoms with E-state index in [2.05, 4.69) is 34.0 Å². The first-order valence-electron chi connectivity index (χ1n) is 10.1. The van der Waals surface area contributed by atoms with Crippen molar-refractivity contribution in [2.24, 2.45) is 10.9 Å². The van der Waals surface area contributed by atoms with Crippen molar-refractivity contribution in [3.8, 4) is 0 Å². The molecule has 25 heavy (non-hydrogen) atoms. The van der Waals surface area contributed by atoms with Crippen LogP contribution in [-0.2, 0) is 9.47 Å². The summed E-state index contributed by atoms with van der Waals surface area (Å²) < 4.78 is 11.8. The Morgan fingerprint density at radius 1 is 1.12 bits per heavy atom. The zero-order valence-corrected chi connectivity index (χ0v) is 16.2. The van der Waals surface area contributed by atoms with Crippen LogP contribution in [-0.4, -0.2) is 87.0 Å². The van der Waals surface area contributed by atoms with Crippen LogP contribution in [0.3, 0.4) is 0 Å². The van der Waals surface area contributed by atoms with Gasteiger partial charge in [0.2, 0.25) is 0 Å². The lowest BCUT2D eigenvalue weighted by molar-refractivity contribution is -0.0817. The van der Waals surface area contributed by atoms with Crippen molar-refractivity contribution in [2.45, 2.75) is 57.8 Å². The molecule has 0 aliphatic carbocycles. The molecule has 3 fully saturated rings. The van der Waals surface area contributed by atoms with Crippen molar-refractivity contribution >= 4 is 5.96 Å². The molecule has 0 spiro atoms. The summed E-state index contributed by atoms with van der Waals surface area (Å²) in [5.41, 5.74) is 0. The van der Waals surface area contributed by atoms with E-state index in [1.165, 1.54) is 25.9 Å². The summed E-state index contributed by atoms with van der Waals surface area (Å²) in [5.74, 6) is 1.88. The second-order valence-corrected chi connectivity index (χ2v) is 7.90. The summed E-state index contributed by atoms with van der Waals surface area (Å²) >= 11 is 0. The number of nitrogens with one attached hydrogen (secondary N) is 1. The van der Waals surface area contributed by atoms with Gasteiger partial charge in [-0.1, -0.05) is 6.92 Å². The molecule has 3 aliphatic rings. The maximum absolute atomic E-state index is 5.96. The Kier molecular flexibility index (Phi) is 6.96. The van der Waals surface area contributed by atoms with Crippen molar-refractivity contribution < 1.29 is 9.47 Å². The summed E-state index contributed by atoms with van der Waals surface area (Å²) in [5, 5.41) is 3.60. The minimum Gasteiger partial charge on any atom is -0.375 e. The second kappa shape index (κ2) is 9.19. The quantitative estimate of drug-likeness (QED) is 0.615. The number of guanidine groups is 1. The summed E-state index contributed by atoms with van der Waals surface area (Å²) in [4.78, 5) is 9.46. The molecule has 6 nitrogen and oxygen atoms in total. The van der Waals surface area contributed by atoms with Gasteiger partial charge in [0.15, 0.2) is 5.96 Å². The van der Waals surface area contributed by atoms with Gasteiger partial charge in [0, 0.05) is 39.3 Å². The lowest BCUT2D eigenvalue weighted by atomic mass is 9.98. The summed E-state index contributed by atoms with van der Waals surface area (Å²) in [7, 11) is 1.88. The van der Waals surface area contributed by atoms with Gasteiger partial charge in [-0.15, -0.1) is 0 Å². The SMILES string of the molecule is CN=C(NCC(C)N1CCC(C)CC1)N1CCOC(C2CCCO2)C1. The number of aliphatic imine (C=N–C) groups is 1. The lowest BCUT2D eigenvalue weighted by Crippen LogP contribution is -2.55. The monoisotopic (exact) mass is 352 g/mol. The molecule has 3 unspecified atom stereocenters. The number of ether oxygens (including phenoxy) is 2. The number of hydrogen-bond acceptors (Lipinski definition) is 4. The molecule has 0 bridgehead atoms. The predicted octanol–water partition coefficient (Wildman–Crippen LogP) is 1.56. The molecule has 3 heterocycles. The molecule has 0 amide bonds. The van der Waals surface area contributed by atoms with Gasteiger partial charge in [0.05, 0.1) is 12.7 Å². The van der Waals surface area contributed by atoms with Gasteiger partial charge < -0.3 is 19.7 Å². The normalized spacial score (nSPS) is 31.3. The number of hydrogen-bond donors (Lipinski definition) is 1. The van der Waals surface area contributed by atoms with Crippen LogP contribution in [0.5, 0.6) is 0 Å². The first-order valence-corrected chi connectivity index (χ1v) is 10.1. The predicted molar refractivity (Wildman–Crippen MR) is 101 cm³/mol. The van der Waals surface area contributed by atoms with Crippen molar-refractivity contribution in [2.75, 3.05) is 53.0 Å².